The third-order valence-corrected chi connectivity index (χ3v) is 7.43. The highest BCUT2D eigenvalue weighted by Crippen LogP contribution is 2.28. The molecule has 2 heterocycles. The van der Waals surface area contributed by atoms with Crippen molar-refractivity contribution in [3.8, 4) is 0 Å². The molecule has 0 bridgehead atoms. The van der Waals surface area contributed by atoms with Crippen molar-refractivity contribution in [1.82, 2.24) is 19.7 Å². The van der Waals surface area contributed by atoms with Gasteiger partial charge in [-0.05, 0) is 56.8 Å². The fraction of sp³-hybridized carbons (Fsp3) is 0.375. The fourth-order valence-corrected chi connectivity index (χ4v) is 5.20. The van der Waals surface area contributed by atoms with E-state index in [1.165, 1.54) is 30.2 Å². The Labute approximate surface area is 198 Å². The average molecular weight is 468 g/mol. The molecule has 0 aliphatic carbocycles. The van der Waals surface area contributed by atoms with E-state index in [4.69, 9.17) is 0 Å². The summed E-state index contributed by atoms with van der Waals surface area (Å²) < 4.78 is 2.16. The third kappa shape index (κ3) is 5.74. The lowest BCUT2D eigenvalue weighted by Crippen LogP contribution is -2.24. The zero-order valence-corrected chi connectivity index (χ0v) is 20.2. The van der Waals surface area contributed by atoms with E-state index >= 15 is 0 Å². The van der Waals surface area contributed by atoms with Crippen molar-refractivity contribution >= 4 is 35.1 Å². The van der Waals surface area contributed by atoms with E-state index in [0.29, 0.717) is 6.54 Å². The summed E-state index contributed by atoms with van der Waals surface area (Å²) in [7, 11) is 0. The maximum Gasteiger partial charge on any atom is 0.237 e. The van der Waals surface area contributed by atoms with Gasteiger partial charge in [0.15, 0.2) is 5.16 Å². The van der Waals surface area contributed by atoms with Gasteiger partial charge in [-0.3, -0.25) is 9.69 Å². The molecule has 1 saturated heterocycles. The fourth-order valence-electron chi connectivity index (χ4n) is 3.78. The van der Waals surface area contributed by atoms with Gasteiger partial charge in [0.2, 0.25) is 5.91 Å². The Morgan fingerprint density at radius 3 is 2.50 bits per heavy atom. The number of thioether (sulfide) groups is 2. The van der Waals surface area contributed by atoms with E-state index in [-0.39, 0.29) is 11.2 Å². The molecule has 0 spiro atoms. The lowest BCUT2D eigenvalue weighted by molar-refractivity contribution is -0.115. The molecule has 0 radical (unpaired) electrons. The van der Waals surface area contributed by atoms with Crippen LogP contribution >= 0.6 is 23.5 Å². The standard InChI is InChI=1S/C24H29N5OS2/c1-18(23(30)25-20-12-6-7-13-21(20)31-2)32-24-27-26-22(17-28-14-8-9-15-28)29(24)16-19-10-4-3-5-11-19/h3-7,10-13,18H,8-9,14-17H2,1-2H3,(H,25,30). The highest BCUT2D eigenvalue weighted by molar-refractivity contribution is 8.00. The number of carbonyl (C=O) groups excluding carboxylic acids is 1. The summed E-state index contributed by atoms with van der Waals surface area (Å²) in [6.45, 7) is 5.62. The van der Waals surface area contributed by atoms with Crippen LogP contribution in [0.1, 0.15) is 31.2 Å². The number of nitrogens with zero attached hydrogens (tertiary/aromatic N) is 4. The van der Waals surface area contributed by atoms with Crippen LogP contribution in [0.25, 0.3) is 0 Å². The molecule has 2 aromatic carbocycles. The molecule has 1 aromatic heterocycles. The number of carbonyl (C=O) groups is 1. The molecule has 6 nitrogen and oxygen atoms in total. The maximum atomic E-state index is 12.9. The molecular formula is C24H29N5OS2. The molecule has 168 valence electrons. The molecule has 1 aliphatic rings. The minimum absolute atomic E-state index is 0.0353. The first-order valence-corrected chi connectivity index (χ1v) is 13.0. The minimum atomic E-state index is -0.303. The molecule has 1 unspecified atom stereocenters. The number of aromatic nitrogens is 3. The summed E-state index contributed by atoms with van der Waals surface area (Å²) in [5, 5.41) is 12.5. The summed E-state index contributed by atoms with van der Waals surface area (Å²) in [5.74, 6) is 0.922. The molecule has 8 heteroatoms. The van der Waals surface area contributed by atoms with E-state index in [9.17, 15) is 4.79 Å². The van der Waals surface area contributed by atoms with Gasteiger partial charge in [0.1, 0.15) is 5.82 Å². The van der Waals surface area contributed by atoms with Gasteiger partial charge in [-0.2, -0.15) is 0 Å². The zero-order valence-electron chi connectivity index (χ0n) is 18.5. The van der Waals surface area contributed by atoms with Gasteiger partial charge >= 0.3 is 0 Å². The van der Waals surface area contributed by atoms with E-state index < -0.39 is 0 Å². The SMILES string of the molecule is CSc1ccccc1NC(=O)C(C)Sc1nnc(CN2CCCC2)n1Cc1ccccc1. The van der Waals surface area contributed by atoms with E-state index in [1.54, 1.807) is 11.8 Å². The van der Waals surface area contributed by atoms with Crippen molar-refractivity contribution in [2.75, 3.05) is 24.7 Å². The van der Waals surface area contributed by atoms with Gasteiger partial charge in [-0.25, -0.2) is 0 Å². The van der Waals surface area contributed by atoms with Crippen molar-refractivity contribution in [2.45, 2.75) is 48.2 Å². The minimum Gasteiger partial charge on any atom is -0.324 e. The lowest BCUT2D eigenvalue weighted by atomic mass is 10.2. The van der Waals surface area contributed by atoms with E-state index in [1.807, 2.05) is 55.6 Å². The van der Waals surface area contributed by atoms with Crippen LogP contribution in [-0.4, -0.2) is 50.2 Å². The highest BCUT2D eigenvalue weighted by atomic mass is 32.2. The second-order valence-corrected chi connectivity index (χ2v) is 10.1. The Morgan fingerprint density at radius 1 is 1.03 bits per heavy atom. The van der Waals surface area contributed by atoms with Gasteiger partial charge in [-0.1, -0.05) is 54.2 Å². The number of anilines is 1. The molecule has 1 aliphatic heterocycles. The van der Waals surface area contributed by atoms with E-state index in [0.717, 1.165) is 41.2 Å². The van der Waals surface area contributed by atoms with Crippen LogP contribution in [0, 0.1) is 0 Å². The largest absolute Gasteiger partial charge is 0.324 e. The monoisotopic (exact) mass is 467 g/mol. The summed E-state index contributed by atoms with van der Waals surface area (Å²) in [6, 6.07) is 18.2. The first-order valence-electron chi connectivity index (χ1n) is 10.9. The quantitative estimate of drug-likeness (QED) is 0.458. The number of benzene rings is 2. The first kappa shape index (κ1) is 22.9. The number of likely N-dealkylation sites (tertiary alicyclic amines) is 1. The lowest BCUT2D eigenvalue weighted by Gasteiger charge is -2.17. The zero-order chi connectivity index (χ0) is 22.3. The maximum absolute atomic E-state index is 12.9. The third-order valence-electron chi connectivity index (χ3n) is 5.56. The molecular weight excluding hydrogens is 438 g/mol. The summed E-state index contributed by atoms with van der Waals surface area (Å²) in [6.07, 6.45) is 4.49. The van der Waals surface area contributed by atoms with Crippen LogP contribution in [-0.2, 0) is 17.9 Å². The van der Waals surface area contributed by atoms with Gasteiger partial charge in [-0.15, -0.1) is 22.0 Å². The molecule has 1 amide bonds. The predicted molar refractivity (Wildman–Crippen MR) is 132 cm³/mol. The Morgan fingerprint density at radius 2 is 1.75 bits per heavy atom. The van der Waals surface area contributed by atoms with Gasteiger partial charge < -0.3 is 9.88 Å². The smallest absolute Gasteiger partial charge is 0.237 e. The predicted octanol–water partition coefficient (Wildman–Crippen LogP) is 4.76. The van der Waals surface area contributed by atoms with Gasteiger partial charge in [0.25, 0.3) is 0 Å². The molecule has 32 heavy (non-hydrogen) atoms. The van der Waals surface area contributed by atoms with Gasteiger partial charge in [0, 0.05) is 4.90 Å². The van der Waals surface area contributed by atoms with Crippen LogP contribution in [0.2, 0.25) is 0 Å². The summed E-state index contributed by atoms with van der Waals surface area (Å²) >= 11 is 3.08. The number of rotatable bonds is 9. The Bertz CT molecular complexity index is 1030. The Hall–Kier alpha value is -2.29. The normalized spacial score (nSPS) is 15.1. The second kappa shape index (κ2) is 11.0. The number of nitrogens with one attached hydrogen (secondary N) is 1. The van der Waals surface area contributed by atoms with Crippen molar-refractivity contribution < 1.29 is 4.79 Å². The topological polar surface area (TPSA) is 63.1 Å². The van der Waals surface area contributed by atoms with Crippen molar-refractivity contribution in [3.05, 3.63) is 66.0 Å². The Balaban J connectivity index is 1.51. The van der Waals surface area contributed by atoms with Crippen molar-refractivity contribution in [2.24, 2.45) is 0 Å². The molecule has 0 saturated carbocycles. The van der Waals surface area contributed by atoms with Crippen LogP contribution in [0.15, 0.2) is 64.6 Å². The number of hydrogen-bond donors (Lipinski definition) is 1. The summed E-state index contributed by atoms with van der Waals surface area (Å²) in [5.41, 5.74) is 2.04. The molecule has 1 fully saturated rings. The highest BCUT2D eigenvalue weighted by Gasteiger charge is 2.23. The molecule has 1 N–H and O–H groups in total. The summed E-state index contributed by atoms with van der Waals surface area (Å²) in [4.78, 5) is 16.4. The number of amides is 1. The van der Waals surface area contributed by atoms with E-state index in [2.05, 4.69) is 37.1 Å². The molecule has 4 rings (SSSR count). The van der Waals surface area contributed by atoms with Crippen molar-refractivity contribution in [1.29, 1.82) is 0 Å². The Kier molecular flexibility index (Phi) is 7.89. The van der Waals surface area contributed by atoms with Crippen LogP contribution in [0.4, 0.5) is 5.69 Å². The van der Waals surface area contributed by atoms with Crippen molar-refractivity contribution in [3.63, 3.8) is 0 Å². The number of hydrogen-bond acceptors (Lipinski definition) is 6. The second-order valence-electron chi connectivity index (χ2n) is 7.90. The molecule has 1 atom stereocenters. The van der Waals surface area contributed by atoms with Crippen LogP contribution in [0.5, 0.6) is 0 Å². The van der Waals surface area contributed by atoms with Crippen LogP contribution < -0.4 is 5.32 Å². The molecule has 3 aromatic rings. The van der Waals surface area contributed by atoms with Gasteiger partial charge in [0.05, 0.1) is 24.0 Å². The van der Waals surface area contributed by atoms with Crippen LogP contribution in [0.3, 0.4) is 0 Å². The average Bonchev–Trinajstić information content (AvgIpc) is 3.46. The number of para-hydroxylation sites is 1. The first-order chi connectivity index (χ1) is 15.6.